The molecule has 0 radical (unpaired) electrons. The van der Waals surface area contributed by atoms with Crippen molar-refractivity contribution in [2.45, 2.75) is 57.3 Å². The number of hydrogen-bond donors (Lipinski definition) is 1. The van der Waals surface area contributed by atoms with E-state index < -0.39 is 17.6 Å². The van der Waals surface area contributed by atoms with Gasteiger partial charge in [-0.3, -0.25) is 4.68 Å². The maximum Gasteiger partial charge on any atom is 0.419 e. The number of methoxy groups -OCH3 is 1. The van der Waals surface area contributed by atoms with Crippen molar-refractivity contribution in [3.8, 4) is 11.3 Å². The van der Waals surface area contributed by atoms with Crippen LogP contribution in [0.5, 0.6) is 0 Å². The summed E-state index contributed by atoms with van der Waals surface area (Å²) >= 11 is 0. The largest absolute Gasteiger partial charge is 0.419 e. The fourth-order valence-electron chi connectivity index (χ4n) is 5.20. The van der Waals surface area contributed by atoms with Crippen LogP contribution in [-0.4, -0.2) is 53.0 Å². The molecule has 2 saturated carbocycles. The van der Waals surface area contributed by atoms with Crippen LogP contribution in [0.4, 0.5) is 19.0 Å². The van der Waals surface area contributed by atoms with Crippen LogP contribution in [0.3, 0.4) is 0 Å². The number of nitrogens with two attached hydrogens (primary N) is 1. The number of likely N-dealkylation sites (N-methyl/N-ethyl adjacent to an activating group) is 1. The van der Waals surface area contributed by atoms with E-state index in [2.05, 4.69) is 30.8 Å². The predicted octanol–water partition coefficient (Wildman–Crippen LogP) is 4.59. The fraction of sp³-hybridized carbons (Fsp3) is 0.652. The van der Waals surface area contributed by atoms with Crippen molar-refractivity contribution in [3.63, 3.8) is 0 Å². The molecule has 2 N–H and O–H groups in total. The minimum absolute atomic E-state index is 0.170. The van der Waals surface area contributed by atoms with Crippen LogP contribution in [0.1, 0.15) is 56.3 Å². The molecule has 9 heteroatoms. The van der Waals surface area contributed by atoms with Gasteiger partial charge in [-0.1, -0.05) is 6.92 Å². The minimum atomic E-state index is -4.55. The number of ether oxygens (including phenoxy) is 1. The highest BCUT2D eigenvalue weighted by atomic mass is 19.4. The molecule has 2 fully saturated rings. The van der Waals surface area contributed by atoms with Gasteiger partial charge in [0.15, 0.2) is 0 Å². The Morgan fingerprint density at radius 2 is 1.97 bits per heavy atom. The highest BCUT2D eigenvalue weighted by Gasteiger charge is 2.58. The lowest BCUT2D eigenvalue weighted by Gasteiger charge is -2.26. The van der Waals surface area contributed by atoms with E-state index >= 15 is 0 Å². The third kappa shape index (κ3) is 4.24. The van der Waals surface area contributed by atoms with Gasteiger partial charge in [-0.15, -0.1) is 0 Å². The second kappa shape index (κ2) is 8.67. The number of rotatable bonds is 8. The summed E-state index contributed by atoms with van der Waals surface area (Å²) < 4.78 is 47.2. The molecule has 2 aliphatic rings. The van der Waals surface area contributed by atoms with Crippen LogP contribution in [0.2, 0.25) is 0 Å². The second-order valence-corrected chi connectivity index (χ2v) is 9.26. The molecule has 2 aliphatic carbocycles. The summed E-state index contributed by atoms with van der Waals surface area (Å²) in [4.78, 5) is 6.17. The van der Waals surface area contributed by atoms with Gasteiger partial charge in [0.2, 0.25) is 0 Å². The molecule has 2 aromatic heterocycles. The van der Waals surface area contributed by atoms with Crippen molar-refractivity contribution >= 4 is 5.82 Å². The van der Waals surface area contributed by atoms with E-state index in [9.17, 15) is 13.2 Å². The number of fused-ring (bicyclic) bond motifs is 1. The van der Waals surface area contributed by atoms with Crippen LogP contribution in [0.25, 0.3) is 11.3 Å². The summed E-state index contributed by atoms with van der Waals surface area (Å²) in [5.41, 5.74) is 6.56. The Kier molecular flexibility index (Phi) is 6.24. The summed E-state index contributed by atoms with van der Waals surface area (Å²) in [6.07, 6.45) is 0.00149. The topological polar surface area (TPSA) is 69.2 Å². The molecule has 0 spiro atoms. The van der Waals surface area contributed by atoms with Gasteiger partial charge < -0.3 is 15.4 Å². The van der Waals surface area contributed by atoms with Crippen molar-refractivity contribution in [1.82, 2.24) is 19.7 Å². The SMILES string of the molecule is CCC(C)n1nc(-c2cnc(N)c(C(F)(F)F)c2)cc1C1[C@H]2CC(N(C)CCOC)C[C@@H]12. The fourth-order valence-corrected chi connectivity index (χ4v) is 5.20. The molecule has 32 heavy (non-hydrogen) atoms. The van der Waals surface area contributed by atoms with E-state index in [1.54, 1.807) is 7.11 Å². The van der Waals surface area contributed by atoms with Gasteiger partial charge in [-0.2, -0.15) is 18.3 Å². The molecule has 2 aromatic rings. The predicted molar refractivity (Wildman–Crippen MR) is 117 cm³/mol. The molecule has 4 rings (SSSR count). The van der Waals surface area contributed by atoms with E-state index in [1.165, 1.54) is 6.20 Å². The number of nitrogens with zero attached hydrogens (tertiary/aromatic N) is 4. The van der Waals surface area contributed by atoms with Gasteiger partial charge in [0.1, 0.15) is 5.82 Å². The molecular formula is C23H32F3N5O. The lowest BCUT2D eigenvalue weighted by atomic mass is 10.0. The second-order valence-electron chi connectivity index (χ2n) is 9.26. The Bertz CT molecular complexity index is 948. The molecule has 2 heterocycles. The number of anilines is 1. The maximum absolute atomic E-state index is 13.3. The van der Waals surface area contributed by atoms with Crippen molar-refractivity contribution in [2.24, 2.45) is 11.8 Å². The molecule has 3 unspecified atom stereocenters. The summed E-state index contributed by atoms with van der Waals surface area (Å²) in [5.74, 6) is 1.12. The van der Waals surface area contributed by atoms with Crippen molar-refractivity contribution in [3.05, 3.63) is 29.6 Å². The number of alkyl halides is 3. The van der Waals surface area contributed by atoms with Crippen LogP contribution in [0, 0.1) is 11.8 Å². The Morgan fingerprint density at radius 3 is 2.56 bits per heavy atom. The average molecular weight is 452 g/mol. The maximum atomic E-state index is 13.3. The summed E-state index contributed by atoms with van der Waals surface area (Å²) in [5, 5.41) is 4.73. The first-order valence-electron chi connectivity index (χ1n) is 11.3. The first-order chi connectivity index (χ1) is 15.2. The average Bonchev–Trinajstić information content (AvgIpc) is 3.10. The first-order valence-corrected chi connectivity index (χ1v) is 11.3. The summed E-state index contributed by atoms with van der Waals surface area (Å²) in [7, 11) is 3.87. The normalized spacial score (nSPS) is 25.9. The lowest BCUT2D eigenvalue weighted by Crippen LogP contribution is -2.33. The molecule has 0 amide bonds. The van der Waals surface area contributed by atoms with E-state index in [0.717, 1.165) is 44.2 Å². The molecule has 0 bridgehead atoms. The van der Waals surface area contributed by atoms with Gasteiger partial charge in [0.25, 0.3) is 0 Å². The Balaban J connectivity index is 1.58. The van der Waals surface area contributed by atoms with Gasteiger partial charge in [-0.25, -0.2) is 4.98 Å². The number of pyridine rings is 1. The van der Waals surface area contributed by atoms with Gasteiger partial charge >= 0.3 is 6.18 Å². The highest BCUT2D eigenvalue weighted by molar-refractivity contribution is 5.63. The standard InChI is InChI=1S/C23H32F3N5O/c1-5-13(2)31-20(21-16-9-15(10-17(16)21)30(3)6-7-32-4)11-19(29-31)14-8-18(23(24,25)26)22(27)28-12-14/h8,11-13,15-17,21H,5-7,9-10H2,1-4H3,(H2,27,28)/t13?,15?,16-,17+,21?. The molecule has 0 aromatic carbocycles. The monoisotopic (exact) mass is 451 g/mol. The number of halogens is 3. The van der Waals surface area contributed by atoms with E-state index in [-0.39, 0.29) is 6.04 Å². The Labute approximate surface area is 186 Å². The number of aromatic nitrogens is 3. The zero-order valence-corrected chi connectivity index (χ0v) is 19.1. The number of hydrogen-bond acceptors (Lipinski definition) is 5. The van der Waals surface area contributed by atoms with Gasteiger partial charge in [0.05, 0.1) is 17.9 Å². The molecule has 0 saturated heterocycles. The van der Waals surface area contributed by atoms with Gasteiger partial charge in [-0.05, 0) is 57.2 Å². The third-order valence-corrected chi connectivity index (χ3v) is 7.33. The lowest BCUT2D eigenvalue weighted by molar-refractivity contribution is -0.137. The molecule has 176 valence electrons. The molecule has 5 atom stereocenters. The summed E-state index contributed by atoms with van der Waals surface area (Å²) in [6, 6.07) is 3.76. The highest BCUT2D eigenvalue weighted by Crippen LogP contribution is 2.64. The minimum Gasteiger partial charge on any atom is -0.383 e. The molecule has 6 nitrogen and oxygen atoms in total. The summed E-state index contributed by atoms with van der Waals surface area (Å²) in [6.45, 7) is 5.84. The van der Waals surface area contributed by atoms with Crippen molar-refractivity contribution in [1.29, 1.82) is 0 Å². The first kappa shape index (κ1) is 23.0. The molecular weight excluding hydrogens is 419 g/mol. The smallest absolute Gasteiger partial charge is 0.383 e. The Morgan fingerprint density at radius 1 is 1.28 bits per heavy atom. The van der Waals surface area contributed by atoms with Crippen LogP contribution < -0.4 is 5.73 Å². The van der Waals surface area contributed by atoms with E-state index in [1.807, 2.05) is 10.7 Å². The quantitative estimate of drug-likeness (QED) is 0.636. The van der Waals surface area contributed by atoms with Crippen LogP contribution >= 0.6 is 0 Å². The number of nitrogen functional groups attached to an aromatic ring is 1. The third-order valence-electron chi connectivity index (χ3n) is 7.33. The zero-order chi connectivity index (χ0) is 23.2. The van der Waals surface area contributed by atoms with E-state index in [4.69, 9.17) is 15.6 Å². The van der Waals surface area contributed by atoms with Gasteiger partial charge in [0, 0.05) is 49.1 Å². The van der Waals surface area contributed by atoms with E-state index in [0.29, 0.717) is 35.1 Å². The van der Waals surface area contributed by atoms with Crippen molar-refractivity contribution in [2.75, 3.05) is 33.0 Å². The van der Waals surface area contributed by atoms with Crippen molar-refractivity contribution < 1.29 is 17.9 Å². The zero-order valence-electron chi connectivity index (χ0n) is 19.1. The van der Waals surface area contributed by atoms with Crippen LogP contribution in [0.15, 0.2) is 18.3 Å². The Hall–Kier alpha value is -2.13. The molecule has 0 aliphatic heterocycles. The van der Waals surface area contributed by atoms with Crippen LogP contribution in [-0.2, 0) is 10.9 Å².